The zero-order valence-corrected chi connectivity index (χ0v) is 13.0. The molecule has 0 fully saturated rings. The zero-order valence-electron chi connectivity index (χ0n) is 12.2. The second-order valence-corrected chi connectivity index (χ2v) is 6.82. The Hall–Kier alpha value is -1.76. The lowest BCUT2D eigenvalue weighted by Crippen LogP contribution is -2.39. The van der Waals surface area contributed by atoms with Crippen molar-refractivity contribution in [3.63, 3.8) is 0 Å². The van der Waals surface area contributed by atoms with Crippen LogP contribution in [0.4, 0.5) is 4.39 Å². The highest BCUT2D eigenvalue weighted by Gasteiger charge is 2.20. The van der Waals surface area contributed by atoms with E-state index in [9.17, 15) is 17.9 Å². The largest absolute Gasteiger partial charge is 0.395 e. The molecule has 0 aromatic heterocycles. The lowest BCUT2D eigenvalue weighted by Gasteiger charge is -2.17. The molecule has 0 aliphatic carbocycles. The Morgan fingerprint density at radius 2 is 1.86 bits per heavy atom. The number of benzene rings is 2. The minimum absolute atomic E-state index is 0.0158. The van der Waals surface area contributed by atoms with Crippen LogP contribution in [-0.4, -0.2) is 26.2 Å². The van der Waals surface area contributed by atoms with Gasteiger partial charge in [0, 0.05) is 6.04 Å². The molecule has 2 aromatic carbocycles. The summed E-state index contributed by atoms with van der Waals surface area (Å²) < 4.78 is 40.3. The molecule has 0 radical (unpaired) electrons. The second-order valence-electron chi connectivity index (χ2n) is 5.10. The van der Waals surface area contributed by atoms with Gasteiger partial charge in [0.15, 0.2) is 0 Å². The molecule has 0 spiro atoms. The van der Waals surface area contributed by atoms with E-state index in [1.54, 1.807) is 0 Å². The smallest absolute Gasteiger partial charge is 0.240 e. The summed E-state index contributed by atoms with van der Waals surface area (Å²) in [6.45, 7) is 1.18. The number of aliphatic hydroxyl groups is 1. The number of hydrogen-bond acceptors (Lipinski definition) is 3. The van der Waals surface area contributed by atoms with Crippen molar-refractivity contribution in [1.29, 1.82) is 0 Å². The topological polar surface area (TPSA) is 66.4 Å². The van der Waals surface area contributed by atoms with Gasteiger partial charge in [-0.15, -0.1) is 0 Å². The average molecular weight is 323 g/mol. The van der Waals surface area contributed by atoms with Crippen LogP contribution in [0.5, 0.6) is 0 Å². The van der Waals surface area contributed by atoms with Crippen LogP contribution in [0.1, 0.15) is 11.1 Å². The molecule has 2 rings (SSSR count). The second kappa shape index (κ2) is 7.00. The number of halogens is 1. The summed E-state index contributed by atoms with van der Waals surface area (Å²) in [5, 5.41) is 9.41. The highest BCUT2D eigenvalue weighted by molar-refractivity contribution is 7.89. The first-order chi connectivity index (χ1) is 10.4. The van der Waals surface area contributed by atoms with Crippen LogP contribution in [0.25, 0.3) is 0 Å². The van der Waals surface area contributed by atoms with Crippen LogP contribution < -0.4 is 4.72 Å². The molecule has 6 heteroatoms. The summed E-state index contributed by atoms with van der Waals surface area (Å²) in [6, 6.07) is 12.2. The van der Waals surface area contributed by atoms with Crippen LogP contribution >= 0.6 is 0 Å². The van der Waals surface area contributed by atoms with E-state index in [0.29, 0.717) is 6.42 Å². The average Bonchev–Trinajstić information content (AvgIpc) is 2.50. The summed E-state index contributed by atoms with van der Waals surface area (Å²) in [7, 11) is -3.81. The van der Waals surface area contributed by atoms with Crippen molar-refractivity contribution in [2.45, 2.75) is 24.3 Å². The highest BCUT2D eigenvalue weighted by atomic mass is 32.2. The van der Waals surface area contributed by atoms with Crippen molar-refractivity contribution >= 4 is 10.0 Å². The Labute approximate surface area is 129 Å². The van der Waals surface area contributed by atoms with Crippen LogP contribution in [0.3, 0.4) is 0 Å². The van der Waals surface area contributed by atoms with Gasteiger partial charge in [0.25, 0.3) is 0 Å². The summed E-state index contributed by atoms with van der Waals surface area (Å²) in [4.78, 5) is -0.0158. The van der Waals surface area contributed by atoms with E-state index >= 15 is 0 Å². The van der Waals surface area contributed by atoms with Crippen LogP contribution in [0.2, 0.25) is 0 Å². The SMILES string of the molecule is Cc1cc(S(=O)(=O)N[C@H](CO)Cc2ccccc2)ccc1F. The maximum atomic E-state index is 13.2. The maximum Gasteiger partial charge on any atom is 0.240 e. The van der Waals surface area contributed by atoms with E-state index in [1.165, 1.54) is 19.1 Å². The van der Waals surface area contributed by atoms with Gasteiger partial charge in [-0.25, -0.2) is 17.5 Å². The normalized spacial score (nSPS) is 13.0. The number of sulfonamides is 1. The molecule has 118 valence electrons. The number of aliphatic hydroxyl groups excluding tert-OH is 1. The maximum absolute atomic E-state index is 13.2. The first-order valence-electron chi connectivity index (χ1n) is 6.85. The van der Waals surface area contributed by atoms with Gasteiger partial charge in [0.1, 0.15) is 5.82 Å². The Balaban J connectivity index is 2.16. The molecular weight excluding hydrogens is 305 g/mol. The molecular formula is C16H18FNO3S. The van der Waals surface area contributed by atoms with Gasteiger partial charge in [0.05, 0.1) is 11.5 Å². The minimum Gasteiger partial charge on any atom is -0.395 e. The van der Waals surface area contributed by atoms with E-state index in [4.69, 9.17) is 0 Å². The molecule has 0 unspecified atom stereocenters. The molecule has 22 heavy (non-hydrogen) atoms. The monoisotopic (exact) mass is 323 g/mol. The van der Waals surface area contributed by atoms with Gasteiger partial charge in [-0.1, -0.05) is 30.3 Å². The molecule has 0 amide bonds. The van der Waals surface area contributed by atoms with Gasteiger partial charge in [-0.2, -0.15) is 0 Å². The Kier molecular flexibility index (Phi) is 5.28. The predicted molar refractivity (Wildman–Crippen MR) is 82.5 cm³/mol. The molecule has 2 aromatic rings. The van der Waals surface area contributed by atoms with Gasteiger partial charge in [-0.05, 0) is 42.7 Å². The molecule has 0 heterocycles. The zero-order chi connectivity index (χ0) is 16.2. The van der Waals surface area contributed by atoms with Crippen LogP contribution in [0.15, 0.2) is 53.4 Å². The Morgan fingerprint density at radius 1 is 1.18 bits per heavy atom. The van der Waals surface area contributed by atoms with Gasteiger partial charge in [-0.3, -0.25) is 0 Å². The first kappa shape index (κ1) is 16.6. The van der Waals surface area contributed by atoms with Gasteiger partial charge < -0.3 is 5.11 Å². The molecule has 0 bridgehead atoms. The van der Waals surface area contributed by atoms with E-state index in [-0.39, 0.29) is 17.1 Å². The summed E-state index contributed by atoms with van der Waals surface area (Å²) >= 11 is 0. The molecule has 2 N–H and O–H groups in total. The number of hydrogen-bond donors (Lipinski definition) is 2. The standard InChI is InChI=1S/C16H18FNO3S/c1-12-9-15(7-8-16(12)17)22(20,21)18-14(11-19)10-13-5-3-2-4-6-13/h2-9,14,18-19H,10-11H2,1H3/t14-/m0/s1. The fourth-order valence-corrected chi connectivity index (χ4v) is 3.43. The molecule has 0 aliphatic heterocycles. The van der Waals surface area contributed by atoms with Gasteiger partial charge in [0.2, 0.25) is 10.0 Å². The molecule has 0 saturated heterocycles. The third kappa shape index (κ3) is 4.13. The molecule has 4 nitrogen and oxygen atoms in total. The Bertz CT molecular complexity index is 732. The lowest BCUT2D eigenvalue weighted by molar-refractivity contribution is 0.256. The highest BCUT2D eigenvalue weighted by Crippen LogP contribution is 2.15. The number of nitrogens with one attached hydrogen (secondary N) is 1. The number of aryl methyl sites for hydroxylation is 1. The van der Waals surface area contributed by atoms with E-state index in [2.05, 4.69) is 4.72 Å². The van der Waals surface area contributed by atoms with Crippen molar-refractivity contribution in [1.82, 2.24) is 4.72 Å². The summed E-state index contributed by atoms with van der Waals surface area (Å²) in [6.07, 6.45) is 0.372. The van der Waals surface area contributed by atoms with E-state index in [0.717, 1.165) is 11.6 Å². The minimum atomic E-state index is -3.81. The predicted octanol–water partition coefficient (Wildman–Crippen LogP) is 2.02. The van der Waals surface area contributed by atoms with Crippen molar-refractivity contribution in [3.05, 3.63) is 65.5 Å². The van der Waals surface area contributed by atoms with Gasteiger partial charge >= 0.3 is 0 Å². The van der Waals surface area contributed by atoms with Crippen molar-refractivity contribution in [3.8, 4) is 0 Å². The fourth-order valence-electron chi connectivity index (χ4n) is 2.11. The third-order valence-corrected chi connectivity index (χ3v) is 4.83. The lowest BCUT2D eigenvalue weighted by atomic mass is 10.1. The quantitative estimate of drug-likeness (QED) is 0.855. The number of rotatable bonds is 6. The van der Waals surface area contributed by atoms with Crippen molar-refractivity contribution in [2.75, 3.05) is 6.61 Å². The molecule has 0 aliphatic rings. The third-order valence-electron chi connectivity index (χ3n) is 3.31. The van der Waals surface area contributed by atoms with E-state index < -0.39 is 21.9 Å². The van der Waals surface area contributed by atoms with Crippen molar-refractivity contribution in [2.24, 2.45) is 0 Å². The van der Waals surface area contributed by atoms with Crippen molar-refractivity contribution < 1.29 is 17.9 Å². The molecule has 0 saturated carbocycles. The van der Waals surface area contributed by atoms with Crippen LogP contribution in [-0.2, 0) is 16.4 Å². The van der Waals surface area contributed by atoms with E-state index in [1.807, 2.05) is 30.3 Å². The first-order valence-corrected chi connectivity index (χ1v) is 8.34. The van der Waals surface area contributed by atoms with Crippen LogP contribution in [0, 0.1) is 12.7 Å². The summed E-state index contributed by atoms with van der Waals surface area (Å²) in [5.74, 6) is -0.457. The Morgan fingerprint density at radius 3 is 2.45 bits per heavy atom. The fraction of sp³-hybridized carbons (Fsp3) is 0.250. The summed E-state index contributed by atoms with van der Waals surface area (Å²) in [5.41, 5.74) is 1.17. The molecule has 1 atom stereocenters.